The van der Waals surface area contributed by atoms with Gasteiger partial charge in [0.15, 0.2) is 0 Å². The van der Waals surface area contributed by atoms with Crippen LogP contribution in [0.1, 0.15) is 16.9 Å². The average Bonchev–Trinajstić information content (AvgIpc) is 3.08. The van der Waals surface area contributed by atoms with E-state index in [0.29, 0.717) is 5.76 Å². The first kappa shape index (κ1) is 14.1. The van der Waals surface area contributed by atoms with Crippen molar-refractivity contribution in [3.05, 3.63) is 65.3 Å². The number of rotatable bonds is 4. The van der Waals surface area contributed by atoms with Crippen LogP contribution in [0.2, 0.25) is 0 Å². The first-order valence-corrected chi connectivity index (χ1v) is 6.99. The van der Waals surface area contributed by atoms with Crippen LogP contribution in [0.3, 0.4) is 0 Å². The Hall–Kier alpha value is -2.82. The zero-order valence-corrected chi connectivity index (χ0v) is 12.4. The molecule has 1 aliphatic rings. The van der Waals surface area contributed by atoms with Crippen molar-refractivity contribution in [1.82, 2.24) is 4.90 Å². The van der Waals surface area contributed by atoms with Crippen LogP contribution >= 0.6 is 0 Å². The number of furan rings is 1. The lowest BCUT2D eigenvalue weighted by Gasteiger charge is -2.15. The SMILES string of the molecule is Cc1cccc(NC2=CC(=O)N(Cc3ccco3)C2=O)c1C. The number of benzene rings is 1. The molecule has 0 bridgehead atoms. The highest BCUT2D eigenvalue weighted by molar-refractivity contribution is 6.17. The Bertz CT molecular complexity index is 760. The van der Waals surface area contributed by atoms with E-state index < -0.39 is 0 Å². The molecule has 1 aromatic heterocycles. The number of nitrogens with zero attached hydrogens (tertiary/aromatic N) is 1. The maximum Gasteiger partial charge on any atom is 0.277 e. The van der Waals surface area contributed by atoms with Gasteiger partial charge in [0.25, 0.3) is 11.8 Å². The molecule has 0 saturated heterocycles. The standard InChI is InChI=1S/C17H16N2O3/c1-11-5-3-7-14(12(11)2)18-15-9-16(20)19(17(15)21)10-13-6-4-8-22-13/h3-9,18H,10H2,1-2H3. The van der Waals surface area contributed by atoms with Crippen molar-refractivity contribution in [1.29, 1.82) is 0 Å². The number of nitrogens with one attached hydrogen (secondary N) is 1. The summed E-state index contributed by atoms with van der Waals surface area (Å²) in [5.41, 5.74) is 3.28. The van der Waals surface area contributed by atoms with Crippen LogP contribution in [0.15, 0.2) is 52.8 Å². The van der Waals surface area contributed by atoms with Gasteiger partial charge in [-0.05, 0) is 43.2 Å². The molecule has 112 valence electrons. The molecular weight excluding hydrogens is 280 g/mol. The van der Waals surface area contributed by atoms with E-state index in [1.54, 1.807) is 12.1 Å². The monoisotopic (exact) mass is 296 g/mol. The molecule has 5 nitrogen and oxygen atoms in total. The summed E-state index contributed by atoms with van der Waals surface area (Å²) in [5, 5.41) is 3.06. The molecule has 0 atom stereocenters. The zero-order valence-electron chi connectivity index (χ0n) is 12.4. The number of carbonyl (C=O) groups excluding carboxylic acids is 2. The van der Waals surface area contributed by atoms with Gasteiger partial charge in [0, 0.05) is 11.8 Å². The van der Waals surface area contributed by atoms with Gasteiger partial charge in [0.2, 0.25) is 0 Å². The third kappa shape index (κ3) is 2.53. The number of aryl methyl sites for hydroxylation is 1. The average molecular weight is 296 g/mol. The van der Waals surface area contributed by atoms with E-state index in [1.165, 1.54) is 12.3 Å². The second-order valence-corrected chi connectivity index (χ2v) is 5.24. The lowest BCUT2D eigenvalue weighted by molar-refractivity contribution is -0.138. The molecule has 2 aromatic rings. The minimum Gasteiger partial charge on any atom is -0.467 e. The van der Waals surface area contributed by atoms with E-state index in [2.05, 4.69) is 5.32 Å². The van der Waals surface area contributed by atoms with Crippen LogP contribution in [-0.2, 0) is 16.1 Å². The summed E-state index contributed by atoms with van der Waals surface area (Å²) in [6, 6.07) is 9.25. The third-order valence-electron chi connectivity index (χ3n) is 3.78. The molecule has 5 heteroatoms. The highest BCUT2D eigenvalue weighted by atomic mass is 16.3. The number of anilines is 1. The summed E-state index contributed by atoms with van der Waals surface area (Å²) < 4.78 is 5.19. The van der Waals surface area contributed by atoms with Crippen molar-refractivity contribution in [2.45, 2.75) is 20.4 Å². The minimum atomic E-state index is -0.345. The number of imide groups is 1. The Kier molecular flexibility index (Phi) is 3.55. The Morgan fingerprint density at radius 2 is 1.95 bits per heavy atom. The van der Waals surface area contributed by atoms with Gasteiger partial charge < -0.3 is 9.73 Å². The Balaban J connectivity index is 1.78. The van der Waals surface area contributed by atoms with Gasteiger partial charge in [-0.15, -0.1) is 0 Å². The Labute approximate surface area is 128 Å². The summed E-state index contributed by atoms with van der Waals surface area (Å²) in [4.78, 5) is 25.5. The summed E-state index contributed by atoms with van der Waals surface area (Å²) in [7, 11) is 0. The third-order valence-corrected chi connectivity index (χ3v) is 3.78. The molecule has 0 aliphatic carbocycles. The van der Waals surface area contributed by atoms with Gasteiger partial charge in [-0.1, -0.05) is 12.1 Å². The van der Waals surface area contributed by atoms with Crippen molar-refractivity contribution in [2.24, 2.45) is 0 Å². The molecule has 2 amide bonds. The summed E-state index contributed by atoms with van der Waals surface area (Å²) >= 11 is 0. The molecule has 0 fully saturated rings. The van der Waals surface area contributed by atoms with Gasteiger partial charge in [0.05, 0.1) is 12.8 Å². The lowest BCUT2D eigenvalue weighted by atomic mass is 10.1. The van der Waals surface area contributed by atoms with Crippen molar-refractivity contribution < 1.29 is 14.0 Å². The van der Waals surface area contributed by atoms with E-state index in [0.717, 1.165) is 21.7 Å². The van der Waals surface area contributed by atoms with Crippen molar-refractivity contribution >= 4 is 17.5 Å². The highest BCUT2D eigenvalue weighted by Crippen LogP contribution is 2.23. The van der Waals surface area contributed by atoms with E-state index in [1.807, 2.05) is 32.0 Å². The molecule has 3 rings (SSSR count). The summed E-state index contributed by atoms with van der Waals surface area (Å²) in [5.74, 6) is -0.111. The maximum absolute atomic E-state index is 12.4. The predicted octanol–water partition coefficient (Wildman–Crippen LogP) is 2.76. The van der Waals surface area contributed by atoms with Crippen molar-refractivity contribution in [3.63, 3.8) is 0 Å². The molecule has 1 aliphatic heterocycles. The van der Waals surface area contributed by atoms with Crippen molar-refractivity contribution in [2.75, 3.05) is 5.32 Å². The largest absolute Gasteiger partial charge is 0.467 e. The maximum atomic E-state index is 12.4. The van der Waals surface area contributed by atoms with Crippen LogP contribution < -0.4 is 5.32 Å². The molecule has 1 N–H and O–H groups in total. The second kappa shape index (κ2) is 5.52. The van der Waals surface area contributed by atoms with Crippen LogP contribution in [-0.4, -0.2) is 16.7 Å². The second-order valence-electron chi connectivity index (χ2n) is 5.24. The van der Waals surface area contributed by atoms with E-state index in [-0.39, 0.29) is 24.1 Å². The van der Waals surface area contributed by atoms with Gasteiger partial charge in [-0.3, -0.25) is 14.5 Å². The molecule has 0 spiro atoms. The zero-order chi connectivity index (χ0) is 15.7. The number of amides is 2. The molecular formula is C17H16N2O3. The van der Waals surface area contributed by atoms with Crippen LogP contribution in [0.4, 0.5) is 5.69 Å². The predicted molar refractivity (Wildman–Crippen MR) is 81.9 cm³/mol. The molecule has 0 saturated carbocycles. The van der Waals surface area contributed by atoms with Crippen LogP contribution in [0, 0.1) is 13.8 Å². The normalized spacial score (nSPS) is 14.5. The van der Waals surface area contributed by atoms with Gasteiger partial charge in [0.1, 0.15) is 11.5 Å². The molecule has 22 heavy (non-hydrogen) atoms. The molecule has 2 heterocycles. The highest BCUT2D eigenvalue weighted by Gasteiger charge is 2.32. The first-order valence-electron chi connectivity index (χ1n) is 6.99. The van der Waals surface area contributed by atoms with Gasteiger partial charge in [-0.2, -0.15) is 0 Å². The van der Waals surface area contributed by atoms with E-state index in [9.17, 15) is 9.59 Å². The minimum absolute atomic E-state index is 0.138. The number of hydrogen-bond donors (Lipinski definition) is 1. The fraction of sp³-hybridized carbons (Fsp3) is 0.176. The Morgan fingerprint density at radius 1 is 1.14 bits per heavy atom. The fourth-order valence-corrected chi connectivity index (χ4v) is 2.34. The Morgan fingerprint density at radius 3 is 2.68 bits per heavy atom. The lowest BCUT2D eigenvalue weighted by Crippen LogP contribution is -2.31. The molecule has 0 radical (unpaired) electrons. The van der Waals surface area contributed by atoms with E-state index >= 15 is 0 Å². The fourth-order valence-electron chi connectivity index (χ4n) is 2.34. The summed E-state index contributed by atoms with van der Waals surface area (Å²) in [6.07, 6.45) is 2.84. The number of carbonyl (C=O) groups is 2. The van der Waals surface area contributed by atoms with Crippen LogP contribution in [0.5, 0.6) is 0 Å². The van der Waals surface area contributed by atoms with Crippen LogP contribution in [0.25, 0.3) is 0 Å². The van der Waals surface area contributed by atoms with Crippen molar-refractivity contribution in [3.8, 4) is 0 Å². The topological polar surface area (TPSA) is 62.6 Å². The van der Waals surface area contributed by atoms with Gasteiger partial charge in [-0.25, -0.2) is 0 Å². The summed E-state index contributed by atoms with van der Waals surface area (Å²) in [6.45, 7) is 4.11. The number of hydrogen-bond acceptors (Lipinski definition) is 4. The quantitative estimate of drug-likeness (QED) is 0.881. The smallest absolute Gasteiger partial charge is 0.277 e. The van der Waals surface area contributed by atoms with Gasteiger partial charge >= 0.3 is 0 Å². The van der Waals surface area contributed by atoms with E-state index in [4.69, 9.17) is 4.42 Å². The molecule has 1 aromatic carbocycles. The first-order chi connectivity index (χ1) is 10.6. The molecule has 0 unspecified atom stereocenters.